The van der Waals surface area contributed by atoms with E-state index in [1.807, 2.05) is 45.9 Å². The molecule has 1 rings (SSSR count). The van der Waals surface area contributed by atoms with E-state index in [-0.39, 0.29) is 23.6 Å². The Bertz CT molecular complexity index is 862. The largest absolute Gasteiger partial charge is 0.444 e. The highest BCUT2D eigenvalue weighted by molar-refractivity contribution is 7.80. The molecular formula is C29H49N3O4S. The van der Waals surface area contributed by atoms with Gasteiger partial charge in [0.1, 0.15) is 17.7 Å². The fourth-order valence-electron chi connectivity index (χ4n) is 4.32. The lowest BCUT2D eigenvalue weighted by atomic mass is 9.93. The Labute approximate surface area is 229 Å². The van der Waals surface area contributed by atoms with Crippen molar-refractivity contribution in [3.63, 3.8) is 0 Å². The molecule has 0 saturated heterocycles. The second-order valence-electron chi connectivity index (χ2n) is 11.1. The molecule has 2 N–H and O–H groups in total. The molecule has 0 saturated carbocycles. The van der Waals surface area contributed by atoms with Gasteiger partial charge in [-0.15, -0.1) is 0 Å². The summed E-state index contributed by atoms with van der Waals surface area (Å²) in [5.41, 5.74) is 1.99. The number of amides is 3. The first kappa shape index (κ1) is 32.8. The molecule has 2 atom stereocenters. The van der Waals surface area contributed by atoms with E-state index in [1.54, 1.807) is 25.7 Å². The minimum Gasteiger partial charge on any atom is -0.444 e. The van der Waals surface area contributed by atoms with Crippen molar-refractivity contribution in [2.24, 2.45) is 0 Å². The van der Waals surface area contributed by atoms with Gasteiger partial charge >= 0.3 is 6.09 Å². The van der Waals surface area contributed by atoms with E-state index in [0.29, 0.717) is 6.54 Å². The van der Waals surface area contributed by atoms with Crippen LogP contribution >= 0.6 is 12.6 Å². The molecule has 0 aromatic heterocycles. The summed E-state index contributed by atoms with van der Waals surface area (Å²) in [5.74, 6) is -0.501. The van der Waals surface area contributed by atoms with Crippen LogP contribution in [-0.4, -0.2) is 52.8 Å². The molecule has 37 heavy (non-hydrogen) atoms. The molecule has 0 radical (unpaired) electrons. The zero-order valence-corrected chi connectivity index (χ0v) is 25.0. The number of carbonyl (C=O) groups is 3. The fraction of sp³-hybridized carbons (Fsp3) is 0.690. The van der Waals surface area contributed by atoms with Crippen LogP contribution in [0.15, 0.2) is 18.2 Å². The highest BCUT2D eigenvalue weighted by Gasteiger charge is 2.37. The van der Waals surface area contributed by atoms with Crippen LogP contribution in [0.4, 0.5) is 4.79 Å². The quantitative estimate of drug-likeness (QED) is 0.205. The Morgan fingerprint density at radius 1 is 0.973 bits per heavy atom. The average molecular weight is 536 g/mol. The first-order valence-electron chi connectivity index (χ1n) is 13.6. The fourth-order valence-corrected chi connectivity index (χ4v) is 4.56. The van der Waals surface area contributed by atoms with Crippen molar-refractivity contribution >= 4 is 30.5 Å². The lowest BCUT2D eigenvalue weighted by Crippen LogP contribution is -2.54. The number of aryl methyl sites for hydroxylation is 2. The third kappa shape index (κ3) is 11.4. The number of thiol groups is 1. The number of ether oxygens (including phenoxy) is 1. The summed E-state index contributed by atoms with van der Waals surface area (Å²) >= 11 is 4.37. The predicted molar refractivity (Wildman–Crippen MR) is 154 cm³/mol. The number of alkyl carbamates (subject to hydrolysis) is 1. The van der Waals surface area contributed by atoms with Gasteiger partial charge in [-0.2, -0.15) is 12.6 Å². The van der Waals surface area contributed by atoms with Crippen molar-refractivity contribution in [2.75, 3.05) is 12.3 Å². The first-order chi connectivity index (χ1) is 17.3. The molecule has 0 aliphatic heterocycles. The molecule has 0 aliphatic carbocycles. The number of hydrogen-bond acceptors (Lipinski definition) is 5. The van der Waals surface area contributed by atoms with Crippen molar-refractivity contribution in [1.29, 1.82) is 0 Å². The Hall–Kier alpha value is -2.22. The van der Waals surface area contributed by atoms with E-state index >= 15 is 0 Å². The second-order valence-corrected chi connectivity index (χ2v) is 11.4. The number of nitrogens with zero attached hydrogens (tertiary/aromatic N) is 1. The molecule has 1 aromatic rings. The summed E-state index contributed by atoms with van der Waals surface area (Å²) in [6.45, 7) is 15.6. The van der Waals surface area contributed by atoms with Gasteiger partial charge < -0.3 is 20.3 Å². The van der Waals surface area contributed by atoms with Crippen molar-refractivity contribution in [1.82, 2.24) is 15.5 Å². The van der Waals surface area contributed by atoms with Gasteiger partial charge in [-0.1, -0.05) is 57.2 Å². The van der Waals surface area contributed by atoms with Crippen molar-refractivity contribution in [2.45, 2.75) is 118 Å². The summed E-state index contributed by atoms with van der Waals surface area (Å²) in [5, 5.41) is 5.69. The van der Waals surface area contributed by atoms with Crippen LogP contribution in [-0.2, 0) is 14.3 Å². The van der Waals surface area contributed by atoms with E-state index in [2.05, 4.69) is 30.2 Å². The summed E-state index contributed by atoms with van der Waals surface area (Å²) in [6, 6.07) is 4.02. The smallest absolute Gasteiger partial charge is 0.408 e. The molecule has 0 heterocycles. The standard InChI is InChI=1S/C29H49N3O4S/c1-9-10-11-12-13-14-18-32(27(34)23(19-37)31-28(35)36-29(6,7)8)25(26(33)30-20(2)3)24-21(4)16-15-17-22(24)5/h15-17,20,23,25,37H,9-14,18-19H2,1-8H3,(H,30,33)(H,31,35). The summed E-state index contributed by atoms with van der Waals surface area (Å²) in [7, 11) is 0. The number of nitrogens with one attached hydrogen (secondary N) is 2. The van der Waals surface area contributed by atoms with Crippen LogP contribution in [0.2, 0.25) is 0 Å². The minimum absolute atomic E-state index is 0.0797. The van der Waals surface area contributed by atoms with Crippen LogP contribution in [0.5, 0.6) is 0 Å². The third-order valence-corrected chi connectivity index (χ3v) is 6.38. The lowest BCUT2D eigenvalue weighted by molar-refractivity contribution is -0.142. The molecule has 0 aliphatic rings. The van der Waals surface area contributed by atoms with Crippen LogP contribution in [0, 0.1) is 13.8 Å². The predicted octanol–water partition coefficient (Wildman–Crippen LogP) is 5.88. The van der Waals surface area contributed by atoms with E-state index in [0.717, 1.165) is 48.8 Å². The molecule has 0 bridgehead atoms. The monoisotopic (exact) mass is 535 g/mol. The van der Waals surface area contributed by atoms with E-state index in [4.69, 9.17) is 4.74 Å². The Morgan fingerprint density at radius 2 is 1.54 bits per heavy atom. The Morgan fingerprint density at radius 3 is 2.05 bits per heavy atom. The number of carbonyl (C=O) groups excluding carboxylic acids is 3. The van der Waals surface area contributed by atoms with Crippen LogP contribution in [0.25, 0.3) is 0 Å². The average Bonchev–Trinajstić information content (AvgIpc) is 2.78. The molecule has 0 spiro atoms. The SMILES string of the molecule is CCCCCCCCN(C(=O)C(CS)NC(=O)OC(C)(C)C)C(C(=O)NC(C)C)c1c(C)cccc1C. The van der Waals surface area contributed by atoms with Gasteiger partial charge in [0.05, 0.1) is 0 Å². The van der Waals surface area contributed by atoms with E-state index in [9.17, 15) is 14.4 Å². The highest BCUT2D eigenvalue weighted by atomic mass is 32.1. The molecular weight excluding hydrogens is 486 g/mol. The Kier molecular flexibility index (Phi) is 14.1. The van der Waals surface area contributed by atoms with Crippen LogP contribution in [0.1, 0.15) is 103 Å². The van der Waals surface area contributed by atoms with Gasteiger partial charge in [-0.3, -0.25) is 9.59 Å². The second kappa shape index (κ2) is 15.9. The number of rotatable bonds is 14. The maximum absolute atomic E-state index is 14.0. The van der Waals surface area contributed by atoms with Crippen molar-refractivity contribution in [3.8, 4) is 0 Å². The summed E-state index contributed by atoms with van der Waals surface area (Å²) in [6.07, 6.45) is 5.61. The van der Waals surface area contributed by atoms with Gasteiger partial charge in [-0.25, -0.2) is 4.79 Å². The molecule has 0 fully saturated rings. The highest BCUT2D eigenvalue weighted by Crippen LogP contribution is 2.29. The molecule has 210 valence electrons. The zero-order chi connectivity index (χ0) is 28.2. The molecule has 1 aromatic carbocycles. The molecule has 3 amide bonds. The molecule has 8 heteroatoms. The Balaban J connectivity index is 3.41. The summed E-state index contributed by atoms with van der Waals surface area (Å²) in [4.78, 5) is 41.8. The molecule has 2 unspecified atom stereocenters. The number of unbranched alkanes of at least 4 members (excludes halogenated alkanes) is 5. The van der Waals surface area contributed by atoms with Gasteiger partial charge in [-0.05, 0) is 71.6 Å². The van der Waals surface area contributed by atoms with Gasteiger partial charge in [0.15, 0.2) is 0 Å². The van der Waals surface area contributed by atoms with E-state index in [1.165, 1.54) is 6.42 Å². The van der Waals surface area contributed by atoms with Gasteiger partial charge in [0.25, 0.3) is 0 Å². The first-order valence-corrected chi connectivity index (χ1v) is 14.2. The normalized spacial score (nSPS) is 13.1. The number of hydrogen-bond donors (Lipinski definition) is 3. The van der Waals surface area contributed by atoms with Crippen LogP contribution in [0.3, 0.4) is 0 Å². The zero-order valence-electron chi connectivity index (χ0n) is 24.1. The van der Waals surface area contributed by atoms with Crippen molar-refractivity contribution < 1.29 is 19.1 Å². The lowest BCUT2D eigenvalue weighted by Gasteiger charge is -2.36. The van der Waals surface area contributed by atoms with Gasteiger partial charge in [0, 0.05) is 18.3 Å². The summed E-state index contributed by atoms with van der Waals surface area (Å²) < 4.78 is 5.39. The topological polar surface area (TPSA) is 87.7 Å². The number of benzene rings is 1. The maximum Gasteiger partial charge on any atom is 0.408 e. The minimum atomic E-state index is -0.933. The van der Waals surface area contributed by atoms with E-state index < -0.39 is 23.8 Å². The van der Waals surface area contributed by atoms with Crippen molar-refractivity contribution in [3.05, 3.63) is 34.9 Å². The maximum atomic E-state index is 14.0. The van der Waals surface area contributed by atoms with Gasteiger partial charge in [0.2, 0.25) is 11.8 Å². The molecule has 7 nitrogen and oxygen atoms in total. The van der Waals surface area contributed by atoms with Crippen LogP contribution < -0.4 is 10.6 Å². The third-order valence-electron chi connectivity index (χ3n) is 6.01.